The Morgan fingerprint density at radius 3 is 2.86 bits per heavy atom. The van der Waals surface area contributed by atoms with Gasteiger partial charge >= 0.3 is 6.03 Å². The highest BCUT2D eigenvalue weighted by Gasteiger charge is 2.36. The molecule has 0 unspecified atom stereocenters. The van der Waals surface area contributed by atoms with Crippen LogP contribution < -0.4 is 19.7 Å². The van der Waals surface area contributed by atoms with Gasteiger partial charge in [-0.15, -0.1) is 0 Å². The highest BCUT2D eigenvalue weighted by Crippen LogP contribution is 2.34. The van der Waals surface area contributed by atoms with Gasteiger partial charge in [0.25, 0.3) is 5.91 Å². The van der Waals surface area contributed by atoms with Crippen molar-refractivity contribution in [1.82, 2.24) is 15.1 Å². The number of fused-ring (bicyclic) bond motifs is 1. The maximum Gasteiger partial charge on any atom is 0.342 e. The summed E-state index contributed by atoms with van der Waals surface area (Å²) < 4.78 is 31.2. The molecule has 3 aromatic rings. The van der Waals surface area contributed by atoms with E-state index in [2.05, 4.69) is 10.4 Å². The first-order valence-corrected chi connectivity index (χ1v) is 11.9. The number of carbonyl (C=O) groups excluding carboxylic acids is 2. The maximum atomic E-state index is 13.4. The molecule has 2 aliphatic heterocycles. The molecule has 2 N–H and O–H groups in total. The molecule has 0 aliphatic carbocycles. The van der Waals surface area contributed by atoms with Gasteiger partial charge in [-0.3, -0.25) is 4.79 Å². The number of hydrogen-bond acceptors (Lipinski definition) is 7. The second-order valence-electron chi connectivity index (χ2n) is 9.26. The van der Waals surface area contributed by atoms with Gasteiger partial charge in [-0.25, -0.2) is 9.18 Å². The third kappa shape index (κ3) is 5.57. The molecule has 2 amide bonds. The average molecular weight is 511 g/mol. The number of nitrogens with zero attached hydrogens (tertiary/aromatic N) is 3. The average Bonchev–Trinajstić information content (AvgIpc) is 3.29. The van der Waals surface area contributed by atoms with Crippen molar-refractivity contribution in [1.29, 1.82) is 0 Å². The minimum atomic E-state index is -0.946. The Balaban J connectivity index is 1.21. The van der Waals surface area contributed by atoms with Crippen molar-refractivity contribution in [3.63, 3.8) is 0 Å². The van der Waals surface area contributed by atoms with Crippen molar-refractivity contribution in [2.75, 3.05) is 38.4 Å². The smallest absolute Gasteiger partial charge is 0.342 e. The molecule has 1 atom stereocenters. The molecule has 0 saturated carbocycles. The van der Waals surface area contributed by atoms with E-state index in [0.29, 0.717) is 49.8 Å². The van der Waals surface area contributed by atoms with Crippen molar-refractivity contribution in [3.8, 4) is 11.5 Å². The fourth-order valence-electron chi connectivity index (χ4n) is 4.17. The quantitative estimate of drug-likeness (QED) is 0.500. The monoisotopic (exact) mass is 510 g/mol. The number of hydrogen-bond donors (Lipinski definition) is 2. The molecule has 1 fully saturated rings. The molecule has 1 saturated heterocycles. The van der Waals surface area contributed by atoms with Gasteiger partial charge < -0.3 is 29.5 Å². The molecule has 10 nitrogen and oxygen atoms in total. The van der Waals surface area contributed by atoms with E-state index < -0.39 is 17.7 Å². The lowest BCUT2D eigenvalue weighted by Crippen LogP contribution is -2.50. The van der Waals surface area contributed by atoms with E-state index in [1.807, 2.05) is 0 Å². The number of ether oxygens (including phenoxy) is 3. The fraction of sp³-hybridized carbons (Fsp3) is 0.346. The van der Waals surface area contributed by atoms with Crippen LogP contribution in [0.4, 0.5) is 14.9 Å². The Bertz CT molecular complexity index is 1310. The highest BCUT2D eigenvalue weighted by atomic mass is 19.1. The van der Waals surface area contributed by atoms with E-state index in [1.54, 1.807) is 37.4 Å². The van der Waals surface area contributed by atoms with Crippen molar-refractivity contribution in [3.05, 3.63) is 71.8 Å². The van der Waals surface area contributed by atoms with E-state index in [9.17, 15) is 19.1 Å². The van der Waals surface area contributed by atoms with Crippen LogP contribution in [0.3, 0.4) is 0 Å². The topological polar surface area (TPSA) is 115 Å². The minimum Gasteiger partial charge on any atom is -0.493 e. The molecule has 0 spiro atoms. The van der Waals surface area contributed by atoms with Crippen LogP contribution in [0, 0.1) is 5.82 Å². The van der Waals surface area contributed by atoms with Crippen molar-refractivity contribution >= 4 is 17.6 Å². The van der Waals surface area contributed by atoms with Gasteiger partial charge in [-0.1, -0.05) is 12.1 Å². The zero-order chi connectivity index (χ0) is 26.0. The number of amides is 2. The largest absolute Gasteiger partial charge is 0.493 e. The van der Waals surface area contributed by atoms with Crippen LogP contribution >= 0.6 is 0 Å². The summed E-state index contributed by atoms with van der Waals surface area (Å²) in [7, 11) is 1.60. The summed E-state index contributed by atoms with van der Waals surface area (Å²) in [5.74, 6) is 0.302. The zero-order valence-corrected chi connectivity index (χ0v) is 20.2. The molecule has 1 aromatic heterocycles. The highest BCUT2D eigenvalue weighted by molar-refractivity contribution is 6.00. The summed E-state index contributed by atoms with van der Waals surface area (Å²) in [6.45, 7) is 0.824. The third-order valence-corrected chi connectivity index (χ3v) is 6.34. The molecule has 2 aliphatic rings. The SMILES string of the molecule is CN1C(=O)[C@@H](NC(=O)n2cc(Cc3cccc(F)c3)cn2)COc2ccc(OCCC3(O)COC3)cc21. The summed E-state index contributed by atoms with van der Waals surface area (Å²) >= 11 is 0. The van der Waals surface area contributed by atoms with Crippen LogP contribution in [-0.4, -0.2) is 71.9 Å². The van der Waals surface area contributed by atoms with Gasteiger partial charge in [0.1, 0.15) is 35.6 Å². The van der Waals surface area contributed by atoms with Crippen molar-refractivity contribution in [2.24, 2.45) is 0 Å². The van der Waals surface area contributed by atoms with Gasteiger partial charge in [0.2, 0.25) is 0 Å². The van der Waals surface area contributed by atoms with Gasteiger partial charge in [0, 0.05) is 32.2 Å². The molecule has 194 valence electrons. The van der Waals surface area contributed by atoms with Crippen molar-refractivity contribution in [2.45, 2.75) is 24.5 Å². The Kier molecular flexibility index (Phi) is 6.81. The minimum absolute atomic E-state index is 0.0629. The molecular formula is C26H27FN4O6. The second-order valence-corrected chi connectivity index (χ2v) is 9.26. The van der Waals surface area contributed by atoms with Crippen LogP contribution in [0.5, 0.6) is 11.5 Å². The summed E-state index contributed by atoms with van der Waals surface area (Å²) in [5.41, 5.74) is 1.13. The molecule has 0 radical (unpaired) electrons. The number of aliphatic hydroxyl groups is 1. The lowest BCUT2D eigenvalue weighted by Gasteiger charge is -2.36. The Hall–Kier alpha value is -3.96. The van der Waals surface area contributed by atoms with Gasteiger partial charge in [-0.2, -0.15) is 9.78 Å². The predicted octanol–water partition coefficient (Wildman–Crippen LogP) is 2.12. The lowest BCUT2D eigenvalue weighted by atomic mass is 9.99. The number of nitrogens with one attached hydrogen (secondary N) is 1. The fourth-order valence-corrected chi connectivity index (χ4v) is 4.17. The number of anilines is 1. The number of likely N-dealkylation sites (N-methyl/N-ethyl adjacent to an activating group) is 1. The molecule has 2 aromatic carbocycles. The van der Waals surface area contributed by atoms with Crippen LogP contribution in [0.1, 0.15) is 17.5 Å². The zero-order valence-electron chi connectivity index (χ0n) is 20.2. The Morgan fingerprint density at radius 2 is 2.11 bits per heavy atom. The normalized spacial score (nSPS) is 18.3. The molecular weight excluding hydrogens is 483 g/mol. The maximum absolute atomic E-state index is 13.4. The number of aromatic nitrogens is 2. The van der Waals surface area contributed by atoms with E-state index in [0.717, 1.165) is 15.8 Å². The standard InChI is InChI=1S/C26H27FN4O6/c1-30-22-11-20(36-8-7-26(34)15-35-16-26)5-6-23(22)37-14-21(24(30)32)29-25(33)31-13-18(12-28-31)9-17-3-2-4-19(27)10-17/h2-6,10-13,21,34H,7-9,14-16H2,1H3,(H,29,33)/t21-/m0/s1. The first-order valence-electron chi connectivity index (χ1n) is 11.9. The van der Waals surface area contributed by atoms with Crippen LogP contribution in [0.25, 0.3) is 0 Å². The van der Waals surface area contributed by atoms with Gasteiger partial charge in [0.05, 0.1) is 31.7 Å². The van der Waals surface area contributed by atoms with Crippen molar-refractivity contribution < 1.29 is 33.3 Å². The molecule has 5 rings (SSSR count). The van der Waals surface area contributed by atoms with E-state index >= 15 is 0 Å². The number of halogens is 1. The number of benzene rings is 2. The van der Waals surface area contributed by atoms with E-state index in [4.69, 9.17) is 14.2 Å². The lowest BCUT2D eigenvalue weighted by molar-refractivity contribution is -0.184. The summed E-state index contributed by atoms with van der Waals surface area (Å²) in [4.78, 5) is 27.4. The Labute approximate surface area is 212 Å². The first kappa shape index (κ1) is 24.7. The summed E-state index contributed by atoms with van der Waals surface area (Å²) in [6, 6.07) is 9.78. The summed E-state index contributed by atoms with van der Waals surface area (Å²) in [5, 5.41) is 16.9. The molecule has 11 heteroatoms. The second kappa shape index (κ2) is 10.2. The summed E-state index contributed by atoms with van der Waals surface area (Å²) in [6.07, 6.45) is 3.90. The third-order valence-electron chi connectivity index (χ3n) is 6.34. The first-order chi connectivity index (χ1) is 17.8. The predicted molar refractivity (Wildman–Crippen MR) is 130 cm³/mol. The van der Waals surface area contributed by atoms with Crippen LogP contribution in [-0.2, 0) is 16.0 Å². The molecule has 37 heavy (non-hydrogen) atoms. The van der Waals surface area contributed by atoms with Gasteiger partial charge in [0.15, 0.2) is 0 Å². The number of rotatable bonds is 7. The van der Waals surface area contributed by atoms with Crippen LogP contribution in [0.2, 0.25) is 0 Å². The van der Waals surface area contributed by atoms with E-state index in [1.165, 1.54) is 29.4 Å². The molecule has 0 bridgehead atoms. The van der Waals surface area contributed by atoms with Crippen LogP contribution in [0.15, 0.2) is 54.9 Å². The van der Waals surface area contributed by atoms with Gasteiger partial charge in [-0.05, 0) is 35.4 Å². The molecule has 3 heterocycles. The number of carbonyl (C=O) groups is 2. The Morgan fingerprint density at radius 1 is 1.27 bits per heavy atom. The van der Waals surface area contributed by atoms with E-state index in [-0.39, 0.29) is 18.3 Å².